The Morgan fingerprint density at radius 1 is 0.652 bits per heavy atom. The molecule has 0 spiro atoms. The Kier molecular flexibility index (Phi) is 6.27. The zero-order valence-corrected chi connectivity index (χ0v) is 12.0. The standard InChI is InChI=1S/C12H22O11/c13-1-3-5(15)6(16)9(19)12(22-3)23-10-4(2-14)21-11(20)8(18)7(10)17/h3-20H,1-2H2/t3-,4+,5+,6-,7+,8-,9-,10+,11-,12-/m1/s1. The smallest absolute Gasteiger partial charge is 0.187 e. The van der Waals surface area contributed by atoms with Gasteiger partial charge in [-0.2, -0.15) is 0 Å². The van der Waals surface area contributed by atoms with Gasteiger partial charge in [0, 0.05) is 0 Å². The molecular weight excluding hydrogens is 320 g/mol. The van der Waals surface area contributed by atoms with E-state index in [0.717, 1.165) is 0 Å². The highest BCUT2D eigenvalue weighted by Crippen LogP contribution is 2.28. The Hall–Kier alpha value is -0.440. The Labute approximate surface area is 130 Å². The molecule has 2 rings (SSSR count). The third-order valence-electron chi connectivity index (χ3n) is 3.98. The van der Waals surface area contributed by atoms with Crippen LogP contribution >= 0.6 is 0 Å². The van der Waals surface area contributed by atoms with Gasteiger partial charge in [0.2, 0.25) is 0 Å². The van der Waals surface area contributed by atoms with E-state index in [-0.39, 0.29) is 0 Å². The number of rotatable bonds is 4. The summed E-state index contributed by atoms with van der Waals surface area (Å²) in [4.78, 5) is 0. The van der Waals surface area contributed by atoms with Crippen LogP contribution in [-0.2, 0) is 14.2 Å². The minimum Gasteiger partial charge on any atom is -0.394 e. The molecule has 2 aliphatic heterocycles. The lowest BCUT2D eigenvalue weighted by Crippen LogP contribution is -2.64. The van der Waals surface area contributed by atoms with Crippen LogP contribution in [0.2, 0.25) is 0 Å². The molecule has 0 amide bonds. The largest absolute Gasteiger partial charge is 0.394 e. The molecule has 8 N–H and O–H groups in total. The Balaban J connectivity index is 2.11. The van der Waals surface area contributed by atoms with Gasteiger partial charge in [-0.3, -0.25) is 0 Å². The van der Waals surface area contributed by atoms with E-state index in [1.807, 2.05) is 0 Å². The molecule has 0 aliphatic carbocycles. The highest BCUT2D eigenvalue weighted by atomic mass is 16.7. The molecule has 0 bridgehead atoms. The Bertz CT molecular complexity index is 378. The summed E-state index contributed by atoms with van der Waals surface area (Å²) in [7, 11) is 0. The Morgan fingerprint density at radius 3 is 1.83 bits per heavy atom. The number of ether oxygens (including phenoxy) is 3. The molecule has 0 aromatic rings. The summed E-state index contributed by atoms with van der Waals surface area (Å²) in [5.41, 5.74) is 0. The maximum Gasteiger partial charge on any atom is 0.187 e. The van der Waals surface area contributed by atoms with Crippen molar-refractivity contribution < 1.29 is 55.1 Å². The average Bonchev–Trinajstić information content (AvgIpc) is 2.55. The number of hydrogen-bond donors (Lipinski definition) is 8. The lowest BCUT2D eigenvalue weighted by atomic mass is 9.97. The van der Waals surface area contributed by atoms with Gasteiger partial charge in [-0.05, 0) is 0 Å². The molecule has 2 saturated heterocycles. The van der Waals surface area contributed by atoms with Crippen LogP contribution in [0.15, 0.2) is 0 Å². The van der Waals surface area contributed by atoms with E-state index >= 15 is 0 Å². The topological polar surface area (TPSA) is 190 Å². The van der Waals surface area contributed by atoms with Gasteiger partial charge in [-0.1, -0.05) is 0 Å². The van der Waals surface area contributed by atoms with Crippen molar-refractivity contribution in [3.8, 4) is 0 Å². The van der Waals surface area contributed by atoms with Gasteiger partial charge in [0.05, 0.1) is 13.2 Å². The van der Waals surface area contributed by atoms with Gasteiger partial charge >= 0.3 is 0 Å². The van der Waals surface area contributed by atoms with E-state index in [1.165, 1.54) is 0 Å². The zero-order chi connectivity index (χ0) is 17.3. The second-order valence-electron chi connectivity index (χ2n) is 5.53. The molecule has 0 aromatic heterocycles. The third-order valence-corrected chi connectivity index (χ3v) is 3.98. The van der Waals surface area contributed by atoms with Crippen molar-refractivity contribution in [1.29, 1.82) is 0 Å². The highest BCUT2D eigenvalue weighted by molar-refractivity contribution is 4.93. The number of aliphatic hydroxyl groups is 8. The first-order valence-corrected chi connectivity index (χ1v) is 7.08. The van der Waals surface area contributed by atoms with Crippen molar-refractivity contribution in [2.75, 3.05) is 13.2 Å². The molecule has 0 saturated carbocycles. The van der Waals surface area contributed by atoms with Gasteiger partial charge in [-0.25, -0.2) is 0 Å². The zero-order valence-electron chi connectivity index (χ0n) is 12.0. The molecule has 0 aromatic carbocycles. The fourth-order valence-electron chi connectivity index (χ4n) is 2.57. The molecule has 136 valence electrons. The minimum absolute atomic E-state index is 0.667. The molecule has 10 atom stereocenters. The predicted molar refractivity (Wildman–Crippen MR) is 68.6 cm³/mol. The lowest BCUT2D eigenvalue weighted by Gasteiger charge is -2.45. The normalized spacial score (nSPS) is 51.7. The van der Waals surface area contributed by atoms with Gasteiger partial charge in [0.1, 0.15) is 48.8 Å². The van der Waals surface area contributed by atoms with Gasteiger partial charge in [0.25, 0.3) is 0 Å². The second kappa shape index (κ2) is 7.63. The maximum absolute atomic E-state index is 9.94. The quantitative estimate of drug-likeness (QED) is 0.243. The number of aliphatic hydroxyl groups excluding tert-OH is 8. The summed E-state index contributed by atoms with van der Waals surface area (Å²) in [6.07, 6.45) is -15.6. The first-order chi connectivity index (χ1) is 10.8. The van der Waals surface area contributed by atoms with Gasteiger partial charge < -0.3 is 55.1 Å². The van der Waals surface area contributed by atoms with Crippen LogP contribution in [0.4, 0.5) is 0 Å². The monoisotopic (exact) mass is 342 g/mol. The fraction of sp³-hybridized carbons (Fsp3) is 1.00. The van der Waals surface area contributed by atoms with Crippen molar-refractivity contribution in [3.05, 3.63) is 0 Å². The third kappa shape index (κ3) is 3.65. The lowest BCUT2D eigenvalue weighted by molar-refractivity contribution is -0.355. The van der Waals surface area contributed by atoms with Gasteiger partial charge in [0.15, 0.2) is 12.6 Å². The maximum atomic E-state index is 9.94. The van der Waals surface area contributed by atoms with Crippen molar-refractivity contribution in [3.63, 3.8) is 0 Å². The molecule has 2 fully saturated rings. The van der Waals surface area contributed by atoms with E-state index in [4.69, 9.17) is 19.3 Å². The van der Waals surface area contributed by atoms with E-state index in [9.17, 15) is 35.7 Å². The van der Waals surface area contributed by atoms with E-state index < -0.39 is 74.6 Å². The van der Waals surface area contributed by atoms with Crippen molar-refractivity contribution >= 4 is 0 Å². The summed E-state index contributed by atoms with van der Waals surface area (Å²) in [6, 6.07) is 0. The molecule has 0 unspecified atom stereocenters. The molecule has 23 heavy (non-hydrogen) atoms. The first kappa shape index (κ1) is 18.9. The fourth-order valence-corrected chi connectivity index (χ4v) is 2.57. The van der Waals surface area contributed by atoms with Crippen LogP contribution in [0.5, 0.6) is 0 Å². The summed E-state index contributed by atoms with van der Waals surface area (Å²) < 4.78 is 15.3. The van der Waals surface area contributed by atoms with E-state index in [2.05, 4.69) is 0 Å². The summed E-state index contributed by atoms with van der Waals surface area (Å²) in [5.74, 6) is 0. The van der Waals surface area contributed by atoms with Crippen molar-refractivity contribution in [2.45, 2.75) is 61.4 Å². The predicted octanol–water partition coefficient (Wildman–Crippen LogP) is -5.40. The average molecular weight is 342 g/mol. The van der Waals surface area contributed by atoms with Crippen LogP contribution in [0.1, 0.15) is 0 Å². The van der Waals surface area contributed by atoms with Crippen molar-refractivity contribution in [2.24, 2.45) is 0 Å². The summed E-state index contributed by atoms with van der Waals surface area (Å²) >= 11 is 0. The highest BCUT2D eigenvalue weighted by Gasteiger charge is 2.50. The Morgan fingerprint density at radius 2 is 1.26 bits per heavy atom. The molecule has 2 heterocycles. The molecular formula is C12H22O11. The first-order valence-electron chi connectivity index (χ1n) is 7.08. The second-order valence-corrected chi connectivity index (χ2v) is 5.53. The van der Waals surface area contributed by atoms with Crippen LogP contribution in [0.3, 0.4) is 0 Å². The molecule has 0 radical (unpaired) electrons. The van der Waals surface area contributed by atoms with Crippen LogP contribution < -0.4 is 0 Å². The SMILES string of the molecule is OC[C@@H]1O[C@@H](O)[C@H](O)[C@H](O)[C@H]1O[C@H]1O[C@H](CO)[C@H](O)[C@@H](O)[C@H]1O. The molecule has 11 heteroatoms. The summed E-state index contributed by atoms with van der Waals surface area (Å²) in [5, 5.41) is 76.5. The van der Waals surface area contributed by atoms with Crippen LogP contribution in [0, 0.1) is 0 Å². The van der Waals surface area contributed by atoms with Gasteiger partial charge in [-0.15, -0.1) is 0 Å². The van der Waals surface area contributed by atoms with Crippen LogP contribution in [0.25, 0.3) is 0 Å². The van der Waals surface area contributed by atoms with E-state index in [1.54, 1.807) is 0 Å². The number of hydrogen-bond acceptors (Lipinski definition) is 11. The van der Waals surface area contributed by atoms with E-state index in [0.29, 0.717) is 0 Å². The summed E-state index contributed by atoms with van der Waals surface area (Å²) in [6.45, 7) is -1.35. The molecule has 11 nitrogen and oxygen atoms in total. The van der Waals surface area contributed by atoms with Crippen molar-refractivity contribution in [1.82, 2.24) is 0 Å². The molecule has 2 aliphatic rings. The van der Waals surface area contributed by atoms with Crippen LogP contribution in [-0.4, -0.2) is 115 Å². The minimum atomic E-state index is -1.74.